The van der Waals surface area contributed by atoms with E-state index in [1.807, 2.05) is 18.7 Å². The van der Waals surface area contributed by atoms with Gasteiger partial charge >= 0.3 is 5.97 Å². The van der Waals surface area contributed by atoms with E-state index in [1.54, 1.807) is 5.57 Å². The summed E-state index contributed by atoms with van der Waals surface area (Å²) in [6.45, 7) is 20.2. The minimum Gasteiger partial charge on any atom is -0.462 e. The third-order valence-corrected chi connectivity index (χ3v) is 14.4. The van der Waals surface area contributed by atoms with Crippen molar-refractivity contribution in [2.45, 2.75) is 176 Å². The van der Waals surface area contributed by atoms with Gasteiger partial charge in [-0.2, -0.15) is 0 Å². The molecule has 9 unspecified atom stereocenters. The predicted octanol–water partition coefficient (Wildman–Crippen LogP) is 9.89. The number of nitrogens with two attached hydrogens (primary N) is 2. The van der Waals surface area contributed by atoms with Crippen molar-refractivity contribution in [1.82, 2.24) is 4.90 Å². The van der Waals surface area contributed by atoms with Crippen LogP contribution in [-0.4, -0.2) is 48.1 Å². The summed E-state index contributed by atoms with van der Waals surface area (Å²) in [6.07, 6.45) is 19.2. The second-order valence-corrected chi connectivity index (χ2v) is 18.1. The first-order chi connectivity index (χ1) is 22.7. The van der Waals surface area contributed by atoms with Crippen molar-refractivity contribution in [3.63, 3.8) is 0 Å². The summed E-state index contributed by atoms with van der Waals surface area (Å²) in [6, 6.07) is 0.0989. The Balaban J connectivity index is 0.00000433. The molecule has 0 spiro atoms. The number of allylic oxidation sites excluding steroid dienone is 1. The van der Waals surface area contributed by atoms with Gasteiger partial charge in [0.25, 0.3) is 0 Å². The zero-order valence-corrected chi connectivity index (χ0v) is 34.9. The van der Waals surface area contributed by atoms with Crippen LogP contribution in [0.25, 0.3) is 0 Å². The molecule has 0 radical (unpaired) electrons. The Morgan fingerprint density at radius 3 is 2.14 bits per heavy atom. The maximum Gasteiger partial charge on any atom is 0.306 e. The molecule has 11 atom stereocenters. The molecule has 1 amide bonds. The van der Waals surface area contributed by atoms with Gasteiger partial charge in [0.1, 0.15) is 6.10 Å². The lowest BCUT2D eigenvalue weighted by Gasteiger charge is -2.58. The lowest BCUT2D eigenvalue weighted by atomic mass is 9.47. The number of hydrogen-bond acceptors (Lipinski definition) is 5. The number of carbonyl (C=O) groups excluding carboxylic acids is 2. The van der Waals surface area contributed by atoms with Crippen molar-refractivity contribution in [3.05, 3.63) is 11.6 Å². The second-order valence-electron chi connectivity index (χ2n) is 18.1. The molecule has 4 rings (SSSR count). The molecule has 0 saturated heterocycles. The summed E-state index contributed by atoms with van der Waals surface area (Å²) >= 11 is 0. The minimum atomic E-state index is -0.151. The number of carbonyl (C=O) groups is 2. The van der Waals surface area contributed by atoms with Gasteiger partial charge in [-0.05, 0) is 137 Å². The molecule has 8 heteroatoms. The number of halogens is 2. The highest BCUT2D eigenvalue weighted by atomic mass is 35.5. The van der Waals surface area contributed by atoms with E-state index in [1.165, 1.54) is 51.4 Å². The monoisotopic (exact) mass is 742 g/mol. The first-order valence-corrected chi connectivity index (χ1v) is 20.4. The van der Waals surface area contributed by atoms with Crippen molar-refractivity contribution in [1.29, 1.82) is 0 Å². The quantitative estimate of drug-likeness (QED) is 0.114. The molecule has 6 nitrogen and oxygen atoms in total. The molecule has 0 aliphatic heterocycles. The molecule has 50 heavy (non-hydrogen) atoms. The second kappa shape index (κ2) is 20.0. The molecular weight excluding hydrogens is 665 g/mol. The molecule has 0 aromatic rings. The van der Waals surface area contributed by atoms with Crippen molar-refractivity contribution in [2.75, 3.05) is 13.1 Å². The summed E-state index contributed by atoms with van der Waals surface area (Å²) < 4.78 is 6.07. The van der Waals surface area contributed by atoms with Crippen LogP contribution in [0.1, 0.15) is 158 Å². The molecular formula is C42H77Cl2N3O3. The van der Waals surface area contributed by atoms with Gasteiger partial charge in [0.15, 0.2) is 0 Å². The SMILES string of the molecule is CC[C@H](CC[C@@H](C)C1CCC2C3CC=C4CC(OC(=O)CCCC(=O)N(CCC(C)N)CCC(C)N)CCC4(C)C3CCC21C)C(C)C.Cl.Cl. The van der Waals surface area contributed by atoms with Crippen LogP contribution in [0.5, 0.6) is 0 Å². The summed E-state index contributed by atoms with van der Waals surface area (Å²) in [5, 5.41) is 0. The molecule has 0 aromatic heterocycles. The van der Waals surface area contributed by atoms with Gasteiger partial charge in [0, 0.05) is 44.4 Å². The van der Waals surface area contributed by atoms with Crippen LogP contribution in [-0.2, 0) is 14.3 Å². The van der Waals surface area contributed by atoms with Crippen LogP contribution in [0.3, 0.4) is 0 Å². The zero-order chi connectivity index (χ0) is 35.2. The van der Waals surface area contributed by atoms with E-state index in [-0.39, 0.29) is 60.3 Å². The molecule has 4 aliphatic rings. The molecule has 0 bridgehead atoms. The van der Waals surface area contributed by atoms with Crippen LogP contribution in [0.4, 0.5) is 0 Å². The van der Waals surface area contributed by atoms with E-state index < -0.39 is 0 Å². The summed E-state index contributed by atoms with van der Waals surface area (Å²) in [5.74, 6) is 5.75. The number of nitrogens with zero attached hydrogens (tertiary/aromatic N) is 1. The highest BCUT2D eigenvalue weighted by Gasteiger charge is 2.59. The standard InChI is InChI=1S/C42H75N3O3.2ClH/c1-9-32(28(2)3)14-13-29(4)36-17-18-37-35-16-15-33-27-34(19-23-41(33,7)38(35)20-24-42(36,37)8)48-40(47)12-10-11-39(46)45(25-21-30(5)43)26-22-31(6)44;;/h15,28-32,34-38H,9-14,16-27,43-44H2,1-8H3;2*1H/t29-,30?,31?,32-,34?,35?,36?,37?,38?,41?,42?;;/m1../s1. The Morgan fingerprint density at radius 1 is 0.880 bits per heavy atom. The molecule has 0 heterocycles. The van der Waals surface area contributed by atoms with Gasteiger partial charge in [-0.3, -0.25) is 9.59 Å². The first-order valence-electron chi connectivity index (χ1n) is 20.4. The van der Waals surface area contributed by atoms with Gasteiger partial charge in [-0.1, -0.05) is 66.0 Å². The predicted molar refractivity (Wildman–Crippen MR) is 214 cm³/mol. The lowest BCUT2D eigenvalue weighted by Crippen LogP contribution is -2.51. The number of rotatable bonds is 17. The number of fused-ring (bicyclic) bond motifs is 5. The lowest BCUT2D eigenvalue weighted by molar-refractivity contribution is -0.151. The van der Waals surface area contributed by atoms with Crippen LogP contribution < -0.4 is 11.5 Å². The van der Waals surface area contributed by atoms with E-state index in [2.05, 4.69) is 47.6 Å². The normalized spacial score (nSPS) is 32.5. The van der Waals surface area contributed by atoms with E-state index in [0.29, 0.717) is 37.8 Å². The van der Waals surface area contributed by atoms with Crippen molar-refractivity contribution >= 4 is 36.7 Å². The van der Waals surface area contributed by atoms with Gasteiger partial charge in [0.2, 0.25) is 5.91 Å². The fourth-order valence-electron chi connectivity index (χ4n) is 11.3. The van der Waals surface area contributed by atoms with Crippen LogP contribution in [0.15, 0.2) is 11.6 Å². The topological polar surface area (TPSA) is 98.7 Å². The molecule has 3 fully saturated rings. The van der Waals surface area contributed by atoms with Crippen LogP contribution in [0.2, 0.25) is 0 Å². The third kappa shape index (κ3) is 10.9. The largest absolute Gasteiger partial charge is 0.462 e. The molecule has 3 saturated carbocycles. The number of esters is 1. The van der Waals surface area contributed by atoms with Crippen LogP contribution in [0, 0.1) is 52.3 Å². The number of ether oxygens (including phenoxy) is 1. The first kappa shape index (κ1) is 45.3. The summed E-state index contributed by atoms with van der Waals surface area (Å²) in [5.41, 5.74) is 14.2. The number of amides is 1. The Hall–Kier alpha value is -0.820. The average molecular weight is 743 g/mol. The fourth-order valence-corrected chi connectivity index (χ4v) is 11.3. The van der Waals surface area contributed by atoms with Gasteiger partial charge in [0.05, 0.1) is 0 Å². The highest BCUT2D eigenvalue weighted by Crippen LogP contribution is 2.67. The summed E-state index contributed by atoms with van der Waals surface area (Å²) in [7, 11) is 0. The highest BCUT2D eigenvalue weighted by molar-refractivity contribution is 5.85. The van der Waals surface area contributed by atoms with E-state index >= 15 is 0 Å². The molecule has 292 valence electrons. The Kier molecular flexibility index (Phi) is 18.2. The minimum absolute atomic E-state index is 0. The zero-order valence-electron chi connectivity index (χ0n) is 33.2. The maximum absolute atomic E-state index is 13.0. The van der Waals surface area contributed by atoms with E-state index in [9.17, 15) is 9.59 Å². The van der Waals surface area contributed by atoms with Crippen molar-refractivity contribution in [3.8, 4) is 0 Å². The third-order valence-electron chi connectivity index (χ3n) is 14.4. The molecule has 4 N–H and O–H groups in total. The Bertz CT molecular complexity index is 1090. The van der Waals surface area contributed by atoms with Crippen LogP contribution >= 0.6 is 24.8 Å². The van der Waals surface area contributed by atoms with Gasteiger partial charge < -0.3 is 21.1 Å². The maximum atomic E-state index is 13.0. The van der Waals surface area contributed by atoms with Crippen molar-refractivity contribution < 1.29 is 14.3 Å². The van der Waals surface area contributed by atoms with Crippen molar-refractivity contribution in [2.24, 2.45) is 63.7 Å². The van der Waals surface area contributed by atoms with E-state index in [0.717, 1.165) is 73.5 Å². The Labute approximate surface area is 319 Å². The van der Waals surface area contributed by atoms with Gasteiger partial charge in [-0.25, -0.2) is 0 Å². The average Bonchev–Trinajstić information content (AvgIpc) is 3.38. The summed E-state index contributed by atoms with van der Waals surface area (Å²) in [4.78, 5) is 27.8. The number of hydrogen-bond donors (Lipinski definition) is 2. The van der Waals surface area contributed by atoms with Gasteiger partial charge in [-0.15, -0.1) is 24.8 Å². The molecule has 0 aromatic carbocycles. The molecule has 4 aliphatic carbocycles. The fraction of sp³-hybridized carbons (Fsp3) is 0.905. The smallest absolute Gasteiger partial charge is 0.306 e. The Morgan fingerprint density at radius 2 is 1.54 bits per heavy atom. The van der Waals surface area contributed by atoms with E-state index in [4.69, 9.17) is 16.2 Å².